The molecule has 29 heavy (non-hydrogen) atoms. The average molecular weight is 383 g/mol. The lowest BCUT2D eigenvalue weighted by molar-refractivity contribution is 0.881. The molecule has 0 unspecified atom stereocenters. The number of anilines is 2. The molecule has 0 radical (unpaired) electrons. The Morgan fingerprint density at radius 1 is 1.03 bits per heavy atom. The molecule has 0 saturated carbocycles. The first-order valence-electron chi connectivity index (χ1n) is 9.05. The van der Waals surface area contributed by atoms with Gasteiger partial charge in [0.2, 0.25) is 0 Å². The number of hydrogen-bond acceptors (Lipinski definition) is 7. The fourth-order valence-electron chi connectivity index (χ4n) is 3.34. The maximum atomic E-state index is 4.51. The Morgan fingerprint density at radius 2 is 1.90 bits per heavy atom. The molecule has 0 aliphatic heterocycles. The zero-order chi connectivity index (χ0) is 19.8. The van der Waals surface area contributed by atoms with Crippen molar-refractivity contribution < 1.29 is 0 Å². The number of tetrazole rings is 1. The predicted octanol–water partition coefficient (Wildman–Crippen LogP) is 3.05. The summed E-state index contributed by atoms with van der Waals surface area (Å²) in [7, 11) is 2.01. The number of nitrogens with one attached hydrogen (secondary N) is 1. The van der Waals surface area contributed by atoms with Crippen LogP contribution in [0.15, 0.2) is 60.9 Å². The van der Waals surface area contributed by atoms with Gasteiger partial charge < -0.3 is 4.90 Å². The van der Waals surface area contributed by atoms with Gasteiger partial charge in [0.1, 0.15) is 11.5 Å². The summed E-state index contributed by atoms with van der Waals surface area (Å²) in [6, 6.07) is 16.1. The number of aromatic amines is 1. The highest BCUT2D eigenvalue weighted by Crippen LogP contribution is 2.31. The summed E-state index contributed by atoms with van der Waals surface area (Å²) in [4.78, 5) is 11.0. The van der Waals surface area contributed by atoms with Gasteiger partial charge >= 0.3 is 0 Å². The molecule has 0 bridgehead atoms. The van der Waals surface area contributed by atoms with Crippen LogP contribution in [0.4, 0.5) is 11.5 Å². The Balaban J connectivity index is 1.52. The Kier molecular flexibility index (Phi) is 3.98. The maximum absolute atomic E-state index is 4.51. The van der Waals surface area contributed by atoms with E-state index in [0.29, 0.717) is 11.5 Å². The highest BCUT2D eigenvalue weighted by atomic mass is 15.5. The number of benzene rings is 1. The minimum absolute atomic E-state index is 0.537. The van der Waals surface area contributed by atoms with Crippen molar-refractivity contribution in [3.05, 3.63) is 66.6 Å². The van der Waals surface area contributed by atoms with Gasteiger partial charge in [-0.2, -0.15) is 9.61 Å². The van der Waals surface area contributed by atoms with Crippen LogP contribution in [0.1, 0.15) is 5.69 Å². The van der Waals surface area contributed by atoms with Gasteiger partial charge in [0.25, 0.3) is 0 Å². The molecule has 4 heterocycles. The van der Waals surface area contributed by atoms with E-state index in [9.17, 15) is 0 Å². The highest BCUT2D eigenvalue weighted by Gasteiger charge is 2.14. The van der Waals surface area contributed by atoms with Crippen molar-refractivity contribution >= 4 is 17.2 Å². The summed E-state index contributed by atoms with van der Waals surface area (Å²) in [6.45, 7) is 1.98. The first-order valence-corrected chi connectivity index (χ1v) is 9.05. The average Bonchev–Trinajstić information content (AvgIpc) is 3.45. The molecular weight excluding hydrogens is 366 g/mol. The van der Waals surface area contributed by atoms with Gasteiger partial charge in [-0.1, -0.05) is 18.2 Å². The van der Waals surface area contributed by atoms with Gasteiger partial charge in [0.15, 0.2) is 11.5 Å². The van der Waals surface area contributed by atoms with Crippen molar-refractivity contribution in [3.63, 3.8) is 0 Å². The Labute approximate surface area is 166 Å². The molecule has 0 amide bonds. The third-order valence-electron chi connectivity index (χ3n) is 4.76. The third-order valence-corrected chi connectivity index (χ3v) is 4.76. The monoisotopic (exact) mass is 383 g/mol. The van der Waals surface area contributed by atoms with E-state index in [1.54, 1.807) is 12.4 Å². The van der Waals surface area contributed by atoms with Gasteiger partial charge in [-0.3, -0.25) is 4.98 Å². The fraction of sp³-hybridized carbons (Fsp3) is 0.100. The third kappa shape index (κ3) is 2.98. The molecule has 5 rings (SSSR count). The topological polar surface area (TPSA) is 101 Å². The molecule has 1 N–H and O–H groups in total. The van der Waals surface area contributed by atoms with Gasteiger partial charge in [-0.05, 0) is 41.1 Å². The standard InChI is InChI=1S/C20H17N9/c1-13-12-18(29-17(23-13)9-11-22-29)28(2)15-7-5-14(6-8-15)16-4-3-10-21-19(16)20-24-26-27-25-20/h3-12H,1-2H3,(H,24,25,26,27). The second-order valence-corrected chi connectivity index (χ2v) is 6.61. The van der Waals surface area contributed by atoms with Gasteiger partial charge in [0, 0.05) is 42.3 Å². The Morgan fingerprint density at radius 3 is 2.69 bits per heavy atom. The van der Waals surface area contributed by atoms with E-state index in [2.05, 4.69) is 64.9 Å². The Hall–Kier alpha value is -4.14. The zero-order valence-electron chi connectivity index (χ0n) is 15.9. The largest absolute Gasteiger partial charge is 0.329 e. The molecule has 0 atom stereocenters. The number of aryl methyl sites for hydroxylation is 1. The normalized spacial score (nSPS) is 11.1. The lowest BCUT2D eigenvalue weighted by Gasteiger charge is -2.21. The van der Waals surface area contributed by atoms with Crippen molar-refractivity contribution in [1.29, 1.82) is 0 Å². The molecule has 142 valence electrons. The number of H-pyrrole nitrogens is 1. The van der Waals surface area contributed by atoms with E-state index < -0.39 is 0 Å². The van der Waals surface area contributed by atoms with Gasteiger partial charge in [-0.25, -0.2) is 10.1 Å². The minimum atomic E-state index is 0.537. The minimum Gasteiger partial charge on any atom is -0.329 e. The number of pyridine rings is 1. The summed E-state index contributed by atoms with van der Waals surface area (Å²) in [5.74, 6) is 1.48. The molecule has 0 aliphatic rings. The molecule has 9 heteroatoms. The van der Waals surface area contributed by atoms with E-state index >= 15 is 0 Å². The van der Waals surface area contributed by atoms with E-state index in [0.717, 1.165) is 34.0 Å². The van der Waals surface area contributed by atoms with Gasteiger partial charge in [0.05, 0.1) is 6.20 Å². The fourth-order valence-corrected chi connectivity index (χ4v) is 3.34. The summed E-state index contributed by atoms with van der Waals surface area (Å²) in [5, 5.41) is 18.5. The van der Waals surface area contributed by atoms with Crippen molar-refractivity contribution in [2.75, 3.05) is 11.9 Å². The highest BCUT2D eigenvalue weighted by molar-refractivity contribution is 5.78. The smallest absolute Gasteiger partial charge is 0.198 e. The number of aromatic nitrogens is 8. The van der Waals surface area contributed by atoms with Crippen molar-refractivity contribution in [3.8, 4) is 22.6 Å². The van der Waals surface area contributed by atoms with E-state index in [1.807, 2.05) is 42.8 Å². The summed E-state index contributed by atoms with van der Waals surface area (Å²) >= 11 is 0. The summed E-state index contributed by atoms with van der Waals surface area (Å²) in [6.07, 6.45) is 3.48. The molecule has 9 nitrogen and oxygen atoms in total. The molecule has 5 aromatic rings. The van der Waals surface area contributed by atoms with E-state index in [1.165, 1.54) is 0 Å². The molecule has 1 aromatic carbocycles. The quantitative estimate of drug-likeness (QED) is 0.509. The number of rotatable bonds is 4. The predicted molar refractivity (Wildman–Crippen MR) is 109 cm³/mol. The van der Waals surface area contributed by atoms with Crippen LogP contribution in [0, 0.1) is 6.92 Å². The van der Waals surface area contributed by atoms with Gasteiger partial charge in [-0.15, -0.1) is 5.10 Å². The lowest BCUT2D eigenvalue weighted by Crippen LogP contribution is -2.14. The van der Waals surface area contributed by atoms with Crippen LogP contribution in [-0.2, 0) is 0 Å². The summed E-state index contributed by atoms with van der Waals surface area (Å²) < 4.78 is 1.83. The van der Waals surface area contributed by atoms with Crippen LogP contribution < -0.4 is 4.90 Å². The van der Waals surface area contributed by atoms with E-state index in [4.69, 9.17) is 0 Å². The van der Waals surface area contributed by atoms with Crippen molar-refractivity contribution in [2.45, 2.75) is 6.92 Å². The first kappa shape index (κ1) is 17.0. The van der Waals surface area contributed by atoms with Crippen LogP contribution in [-0.4, -0.2) is 47.3 Å². The van der Waals surface area contributed by atoms with Crippen LogP contribution >= 0.6 is 0 Å². The molecule has 0 spiro atoms. The maximum Gasteiger partial charge on any atom is 0.198 e. The second kappa shape index (κ2) is 6.79. The molecule has 0 fully saturated rings. The number of hydrogen-bond donors (Lipinski definition) is 1. The van der Waals surface area contributed by atoms with Crippen LogP contribution in [0.5, 0.6) is 0 Å². The molecule has 4 aromatic heterocycles. The number of nitrogens with zero attached hydrogens (tertiary/aromatic N) is 8. The summed E-state index contributed by atoms with van der Waals surface area (Å²) in [5.41, 5.74) is 5.48. The van der Waals surface area contributed by atoms with Crippen LogP contribution in [0.3, 0.4) is 0 Å². The first-order chi connectivity index (χ1) is 14.2. The molecule has 0 saturated heterocycles. The second-order valence-electron chi connectivity index (χ2n) is 6.61. The number of fused-ring (bicyclic) bond motifs is 1. The molecule has 0 aliphatic carbocycles. The van der Waals surface area contributed by atoms with Crippen molar-refractivity contribution in [2.24, 2.45) is 0 Å². The van der Waals surface area contributed by atoms with E-state index in [-0.39, 0.29) is 0 Å². The zero-order valence-corrected chi connectivity index (χ0v) is 15.9. The van der Waals surface area contributed by atoms with Crippen LogP contribution in [0.2, 0.25) is 0 Å². The molecular formula is C20H17N9. The Bertz CT molecular complexity index is 1270. The van der Waals surface area contributed by atoms with Crippen LogP contribution in [0.25, 0.3) is 28.3 Å². The van der Waals surface area contributed by atoms with Crippen molar-refractivity contribution in [1.82, 2.24) is 40.2 Å². The lowest BCUT2D eigenvalue weighted by atomic mass is 10.0. The SMILES string of the molecule is Cc1cc(N(C)c2ccc(-c3cccnc3-c3nnn[nH]3)cc2)n2nccc2n1.